The smallest absolute Gasteiger partial charge is 0.374 e. The van der Waals surface area contributed by atoms with Crippen molar-refractivity contribution in [3.8, 4) is 0 Å². The van der Waals surface area contributed by atoms with E-state index < -0.39 is 23.2 Å². The van der Waals surface area contributed by atoms with Gasteiger partial charge in [0.2, 0.25) is 5.76 Å². The van der Waals surface area contributed by atoms with Gasteiger partial charge >= 0.3 is 5.97 Å². The van der Waals surface area contributed by atoms with Crippen LogP contribution < -0.4 is 5.56 Å². The molecule has 118 valence electrons. The van der Waals surface area contributed by atoms with Gasteiger partial charge in [0.15, 0.2) is 11.6 Å². The first-order valence-corrected chi connectivity index (χ1v) is 6.50. The second-order valence-electron chi connectivity index (χ2n) is 4.73. The summed E-state index contributed by atoms with van der Waals surface area (Å²) in [6.07, 6.45) is 2.48. The molecule has 0 saturated carbocycles. The summed E-state index contributed by atoms with van der Waals surface area (Å²) in [5.74, 6) is -2.93. The number of benzene rings is 1. The molecule has 0 atom stereocenters. The Hall–Kier alpha value is -3.03. The molecule has 2 aromatic heterocycles. The third-order valence-electron chi connectivity index (χ3n) is 3.32. The zero-order valence-corrected chi connectivity index (χ0v) is 11.9. The average Bonchev–Trinajstić information content (AvgIpc) is 2.99. The zero-order chi connectivity index (χ0) is 16.6. The molecule has 0 radical (unpaired) electrons. The maximum atomic E-state index is 13.3. The van der Waals surface area contributed by atoms with Gasteiger partial charge < -0.3 is 9.15 Å². The first kappa shape index (κ1) is 14.9. The highest BCUT2D eigenvalue weighted by molar-refractivity contribution is 5.87. The van der Waals surface area contributed by atoms with Crippen LogP contribution in [0.25, 0.3) is 10.9 Å². The van der Waals surface area contributed by atoms with Gasteiger partial charge in [-0.05, 0) is 12.1 Å². The Kier molecular flexibility index (Phi) is 3.65. The number of carbonyl (C=O) groups is 1. The number of fused-ring (bicyclic) bond motifs is 1. The lowest BCUT2D eigenvalue weighted by Crippen LogP contribution is -2.22. The number of aromatic nitrogens is 2. The van der Waals surface area contributed by atoms with E-state index in [-0.39, 0.29) is 23.2 Å². The second-order valence-corrected chi connectivity index (χ2v) is 4.73. The number of halogens is 2. The summed E-state index contributed by atoms with van der Waals surface area (Å²) < 4.78 is 37.3. The highest BCUT2D eigenvalue weighted by atomic mass is 19.2. The van der Waals surface area contributed by atoms with Crippen LogP contribution in [0, 0.1) is 11.6 Å². The molecule has 0 amide bonds. The number of carbonyl (C=O) groups excluding carboxylic acids is 1. The van der Waals surface area contributed by atoms with E-state index >= 15 is 0 Å². The molecule has 0 spiro atoms. The summed E-state index contributed by atoms with van der Waals surface area (Å²) in [5, 5.41) is -0.0606. The molecule has 0 bridgehead atoms. The van der Waals surface area contributed by atoms with Gasteiger partial charge in [-0.3, -0.25) is 9.36 Å². The monoisotopic (exact) mass is 320 g/mol. The number of ether oxygens (including phenoxy) is 1. The maximum Gasteiger partial charge on any atom is 0.374 e. The van der Waals surface area contributed by atoms with Crippen LogP contribution in [-0.2, 0) is 11.3 Å². The van der Waals surface area contributed by atoms with Crippen molar-refractivity contribution < 1.29 is 22.7 Å². The second kappa shape index (κ2) is 5.64. The Labute approximate surface area is 127 Å². The van der Waals surface area contributed by atoms with Crippen molar-refractivity contribution in [1.29, 1.82) is 0 Å². The quantitative estimate of drug-likeness (QED) is 0.691. The molecule has 1 aromatic carbocycles. The number of rotatable bonds is 3. The Morgan fingerprint density at radius 3 is 2.83 bits per heavy atom. The van der Waals surface area contributed by atoms with Crippen molar-refractivity contribution in [2.24, 2.45) is 0 Å². The van der Waals surface area contributed by atoms with Gasteiger partial charge in [0, 0.05) is 11.6 Å². The molecule has 0 N–H and O–H groups in total. The molecule has 3 aromatic rings. The fourth-order valence-corrected chi connectivity index (χ4v) is 2.18. The summed E-state index contributed by atoms with van der Waals surface area (Å²) >= 11 is 0. The van der Waals surface area contributed by atoms with Gasteiger partial charge in [0.25, 0.3) is 5.56 Å². The van der Waals surface area contributed by atoms with Crippen LogP contribution in [0.5, 0.6) is 0 Å². The summed E-state index contributed by atoms with van der Waals surface area (Å²) in [6.45, 7) is -0.0261. The fraction of sp³-hybridized carbons (Fsp3) is 0.133. The van der Waals surface area contributed by atoms with Gasteiger partial charge in [-0.1, -0.05) is 0 Å². The standard InChI is InChI=1S/C15H10F2N2O4/c1-22-15(21)13-8(2-3-23-13)6-19-7-18-12-5-11(17)10(16)4-9(12)14(19)20/h2-5,7H,6H2,1H3. The van der Waals surface area contributed by atoms with E-state index in [1.807, 2.05) is 0 Å². The van der Waals surface area contributed by atoms with Crippen molar-refractivity contribution in [3.05, 3.63) is 64.1 Å². The van der Waals surface area contributed by atoms with E-state index in [1.165, 1.54) is 25.8 Å². The SMILES string of the molecule is COC(=O)c1occc1Cn1cnc2cc(F)c(F)cc2c1=O. The van der Waals surface area contributed by atoms with Crippen LogP contribution in [0.4, 0.5) is 8.78 Å². The summed E-state index contributed by atoms with van der Waals surface area (Å²) in [7, 11) is 1.20. The maximum absolute atomic E-state index is 13.3. The third kappa shape index (κ3) is 2.59. The number of esters is 1. The summed E-state index contributed by atoms with van der Waals surface area (Å²) in [4.78, 5) is 27.8. The van der Waals surface area contributed by atoms with E-state index in [0.29, 0.717) is 5.56 Å². The molecule has 0 aliphatic rings. The van der Waals surface area contributed by atoms with Gasteiger partial charge in [0.1, 0.15) is 0 Å². The molecular weight excluding hydrogens is 310 g/mol. The lowest BCUT2D eigenvalue weighted by Gasteiger charge is -2.07. The van der Waals surface area contributed by atoms with E-state index in [9.17, 15) is 18.4 Å². The minimum Gasteiger partial charge on any atom is -0.463 e. The number of hydrogen-bond acceptors (Lipinski definition) is 5. The molecule has 0 saturated heterocycles. The third-order valence-corrected chi connectivity index (χ3v) is 3.32. The van der Waals surface area contributed by atoms with E-state index in [2.05, 4.69) is 9.72 Å². The minimum atomic E-state index is -1.13. The number of nitrogens with zero attached hydrogens (tertiary/aromatic N) is 2. The molecule has 8 heteroatoms. The van der Waals surface area contributed by atoms with Crippen LogP contribution in [0.1, 0.15) is 16.1 Å². The highest BCUT2D eigenvalue weighted by Gasteiger charge is 2.17. The Balaban J connectivity index is 2.07. The fourth-order valence-electron chi connectivity index (χ4n) is 2.18. The minimum absolute atomic E-state index is 0.0261. The van der Waals surface area contributed by atoms with E-state index in [0.717, 1.165) is 16.7 Å². The Morgan fingerprint density at radius 2 is 2.09 bits per heavy atom. The van der Waals surface area contributed by atoms with Crippen molar-refractivity contribution in [2.75, 3.05) is 7.11 Å². The van der Waals surface area contributed by atoms with E-state index in [4.69, 9.17) is 4.42 Å². The van der Waals surface area contributed by atoms with Crippen molar-refractivity contribution in [1.82, 2.24) is 9.55 Å². The highest BCUT2D eigenvalue weighted by Crippen LogP contribution is 2.15. The summed E-state index contributed by atoms with van der Waals surface area (Å²) in [5.41, 5.74) is -0.112. The van der Waals surface area contributed by atoms with Gasteiger partial charge in [-0.15, -0.1) is 0 Å². The van der Waals surface area contributed by atoms with Crippen LogP contribution in [0.3, 0.4) is 0 Å². The van der Waals surface area contributed by atoms with Crippen LogP contribution >= 0.6 is 0 Å². The van der Waals surface area contributed by atoms with E-state index in [1.54, 1.807) is 0 Å². The number of hydrogen-bond donors (Lipinski definition) is 0. The predicted octanol–water partition coefficient (Wildman–Crippen LogP) is 2.10. The molecular formula is C15H10F2N2O4. The molecule has 0 aliphatic heterocycles. The molecule has 23 heavy (non-hydrogen) atoms. The molecule has 0 aliphatic carbocycles. The molecule has 0 unspecified atom stereocenters. The number of furan rings is 1. The first-order chi connectivity index (χ1) is 11.0. The Bertz CT molecular complexity index is 962. The van der Waals surface area contributed by atoms with Crippen LogP contribution in [-0.4, -0.2) is 22.6 Å². The molecule has 0 fully saturated rings. The largest absolute Gasteiger partial charge is 0.463 e. The lowest BCUT2D eigenvalue weighted by atomic mass is 10.2. The zero-order valence-electron chi connectivity index (χ0n) is 11.9. The first-order valence-electron chi connectivity index (χ1n) is 6.50. The summed E-state index contributed by atoms with van der Waals surface area (Å²) in [6, 6.07) is 3.16. The van der Waals surface area contributed by atoms with Crippen molar-refractivity contribution >= 4 is 16.9 Å². The predicted molar refractivity (Wildman–Crippen MR) is 75.1 cm³/mol. The normalized spacial score (nSPS) is 10.9. The lowest BCUT2D eigenvalue weighted by molar-refractivity contribution is 0.0563. The molecule has 3 rings (SSSR count). The van der Waals surface area contributed by atoms with Crippen molar-refractivity contribution in [3.63, 3.8) is 0 Å². The van der Waals surface area contributed by atoms with Gasteiger partial charge in [-0.25, -0.2) is 18.6 Å². The number of methoxy groups -OCH3 is 1. The average molecular weight is 320 g/mol. The molecule has 2 heterocycles. The van der Waals surface area contributed by atoms with Crippen LogP contribution in [0.2, 0.25) is 0 Å². The Morgan fingerprint density at radius 1 is 1.35 bits per heavy atom. The molecule has 6 nitrogen and oxygen atoms in total. The van der Waals surface area contributed by atoms with Crippen molar-refractivity contribution in [2.45, 2.75) is 6.54 Å². The van der Waals surface area contributed by atoms with Gasteiger partial charge in [0.05, 0.1) is 37.1 Å². The topological polar surface area (TPSA) is 74.3 Å². The van der Waals surface area contributed by atoms with Gasteiger partial charge in [-0.2, -0.15) is 0 Å². The van der Waals surface area contributed by atoms with Crippen LogP contribution in [0.15, 0.2) is 40.0 Å².